The van der Waals surface area contributed by atoms with Crippen molar-refractivity contribution in [3.05, 3.63) is 24.0 Å². The van der Waals surface area contributed by atoms with Crippen molar-refractivity contribution in [2.24, 2.45) is 5.41 Å². The first kappa shape index (κ1) is 15.8. The average molecular weight is 289 g/mol. The Balaban J connectivity index is 2.38. The molecule has 0 unspecified atom stereocenters. The molecule has 0 atom stereocenters. The number of hydrogen-bond donors (Lipinski definition) is 2. The van der Waals surface area contributed by atoms with Gasteiger partial charge in [-0.25, -0.2) is 4.98 Å². The number of aromatic nitrogens is 2. The van der Waals surface area contributed by atoms with Gasteiger partial charge in [0.2, 0.25) is 0 Å². The molecule has 21 heavy (non-hydrogen) atoms. The molecule has 0 aliphatic rings. The van der Waals surface area contributed by atoms with E-state index in [9.17, 15) is 0 Å². The predicted octanol–water partition coefficient (Wildman–Crippen LogP) is 3.37. The van der Waals surface area contributed by atoms with Gasteiger partial charge in [-0.1, -0.05) is 20.8 Å². The molecule has 4 heteroatoms. The van der Waals surface area contributed by atoms with Gasteiger partial charge in [0.1, 0.15) is 5.82 Å². The Kier molecular flexibility index (Phi) is 4.88. The molecular formula is C17H27N3O. The maximum absolute atomic E-state index is 9.06. The molecule has 0 aliphatic carbocycles. The number of anilines is 1. The number of nitrogens with zero attached hydrogens (tertiary/aromatic N) is 2. The van der Waals surface area contributed by atoms with Crippen LogP contribution in [0.25, 0.3) is 11.0 Å². The van der Waals surface area contributed by atoms with Crippen LogP contribution in [-0.2, 0) is 13.0 Å². The lowest BCUT2D eigenvalue weighted by Gasteiger charge is -2.26. The van der Waals surface area contributed by atoms with Crippen LogP contribution in [0.1, 0.15) is 45.9 Å². The van der Waals surface area contributed by atoms with Crippen LogP contribution in [0.5, 0.6) is 0 Å². The molecule has 0 bridgehead atoms. The van der Waals surface area contributed by atoms with E-state index in [-0.39, 0.29) is 12.0 Å². The molecule has 0 saturated heterocycles. The Bertz CT molecular complexity index is 601. The summed E-state index contributed by atoms with van der Waals surface area (Å²) in [4.78, 5) is 4.76. The van der Waals surface area contributed by atoms with E-state index in [0.29, 0.717) is 0 Å². The van der Waals surface area contributed by atoms with Gasteiger partial charge in [-0.3, -0.25) is 0 Å². The third-order valence-electron chi connectivity index (χ3n) is 3.92. The van der Waals surface area contributed by atoms with Crippen molar-refractivity contribution in [1.29, 1.82) is 0 Å². The zero-order valence-corrected chi connectivity index (χ0v) is 13.4. The molecule has 3 N–H and O–H groups in total. The quantitative estimate of drug-likeness (QED) is 0.768. The largest absolute Gasteiger partial charge is 0.399 e. The predicted molar refractivity (Wildman–Crippen MR) is 88.2 cm³/mol. The number of aliphatic hydroxyl groups excluding tert-OH is 1. The van der Waals surface area contributed by atoms with Gasteiger partial charge in [0, 0.05) is 25.3 Å². The van der Waals surface area contributed by atoms with E-state index < -0.39 is 0 Å². The van der Waals surface area contributed by atoms with E-state index in [4.69, 9.17) is 15.8 Å². The van der Waals surface area contributed by atoms with E-state index in [1.54, 1.807) is 0 Å². The number of benzene rings is 1. The van der Waals surface area contributed by atoms with Crippen molar-refractivity contribution in [2.45, 2.75) is 53.0 Å². The molecule has 2 rings (SSSR count). The summed E-state index contributed by atoms with van der Waals surface area (Å²) in [5, 5.41) is 9.06. The monoisotopic (exact) mass is 289 g/mol. The highest BCUT2D eigenvalue weighted by Crippen LogP contribution is 2.29. The first-order valence-corrected chi connectivity index (χ1v) is 7.82. The second-order valence-electron chi connectivity index (χ2n) is 6.60. The molecule has 0 saturated carbocycles. The van der Waals surface area contributed by atoms with Crippen LogP contribution in [0.4, 0.5) is 5.69 Å². The maximum atomic E-state index is 9.06. The molecule has 0 amide bonds. The fourth-order valence-corrected chi connectivity index (χ4v) is 2.85. The molecule has 1 aromatic heterocycles. The van der Waals surface area contributed by atoms with Crippen LogP contribution in [0.15, 0.2) is 18.2 Å². The Morgan fingerprint density at radius 2 is 2.10 bits per heavy atom. The first-order valence-electron chi connectivity index (χ1n) is 7.82. The molecule has 1 aromatic carbocycles. The number of imidazole rings is 1. The van der Waals surface area contributed by atoms with E-state index in [1.807, 2.05) is 12.1 Å². The zero-order chi connectivity index (χ0) is 15.5. The fraction of sp³-hybridized carbons (Fsp3) is 0.588. The second-order valence-corrected chi connectivity index (χ2v) is 6.60. The number of rotatable bonds is 7. The Hall–Kier alpha value is -1.55. The molecule has 0 aliphatic heterocycles. The zero-order valence-electron chi connectivity index (χ0n) is 13.4. The highest BCUT2D eigenvalue weighted by molar-refractivity contribution is 5.79. The minimum Gasteiger partial charge on any atom is -0.399 e. The van der Waals surface area contributed by atoms with Crippen molar-refractivity contribution in [2.75, 3.05) is 12.3 Å². The first-order chi connectivity index (χ1) is 9.96. The summed E-state index contributed by atoms with van der Waals surface area (Å²) >= 11 is 0. The van der Waals surface area contributed by atoms with Gasteiger partial charge in [0.25, 0.3) is 0 Å². The summed E-state index contributed by atoms with van der Waals surface area (Å²) in [7, 11) is 0. The summed E-state index contributed by atoms with van der Waals surface area (Å²) < 4.78 is 2.33. The number of aliphatic hydroxyl groups is 1. The van der Waals surface area contributed by atoms with Gasteiger partial charge in [0.05, 0.1) is 11.0 Å². The lowest BCUT2D eigenvalue weighted by molar-refractivity contribution is 0.222. The minimum atomic E-state index is 0.139. The molecule has 4 nitrogen and oxygen atoms in total. The summed E-state index contributed by atoms with van der Waals surface area (Å²) in [6, 6.07) is 5.96. The molecule has 1 heterocycles. The van der Waals surface area contributed by atoms with Crippen LogP contribution in [0.2, 0.25) is 0 Å². The molecule has 2 aromatic rings. The third-order valence-corrected chi connectivity index (χ3v) is 3.92. The Labute approximate surface area is 127 Å². The third kappa shape index (κ3) is 3.76. The van der Waals surface area contributed by atoms with Gasteiger partial charge >= 0.3 is 0 Å². The molecule has 116 valence electrons. The van der Waals surface area contributed by atoms with E-state index in [2.05, 4.69) is 31.4 Å². The standard InChI is InChI=1S/C17H27N3O/c1-4-6-16-19-14-11-13(18)7-8-15(14)20(16)12-17(2,3)9-5-10-21/h7-8,11,21H,4-6,9-10,12,18H2,1-3H3. The topological polar surface area (TPSA) is 64.1 Å². The van der Waals surface area contributed by atoms with Crippen LogP contribution in [0, 0.1) is 5.41 Å². The number of aryl methyl sites for hydroxylation is 1. The molecule has 0 spiro atoms. The van der Waals surface area contributed by atoms with Crippen LogP contribution >= 0.6 is 0 Å². The fourth-order valence-electron chi connectivity index (χ4n) is 2.85. The van der Waals surface area contributed by atoms with Gasteiger partial charge in [0.15, 0.2) is 0 Å². The number of fused-ring (bicyclic) bond motifs is 1. The van der Waals surface area contributed by atoms with Crippen LogP contribution in [0.3, 0.4) is 0 Å². The Morgan fingerprint density at radius 1 is 1.33 bits per heavy atom. The van der Waals surface area contributed by atoms with E-state index in [0.717, 1.165) is 54.8 Å². The summed E-state index contributed by atoms with van der Waals surface area (Å²) in [5.74, 6) is 1.13. The van der Waals surface area contributed by atoms with Crippen molar-refractivity contribution in [1.82, 2.24) is 9.55 Å². The van der Waals surface area contributed by atoms with Gasteiger partial charge in [-0.2, -0.15) is 0 Å². The van der Waals surface area contributed by atoms with Crippen LogP contribution < -0.4 is 5.73 Å². The van der Waals surface area contributed by atoms with Crippen molar-refractivity contribution in [3.8, 4) is 0 Å². The van der Waals surface area contributed by atoms with Gasteiger partial charge < -0.3 is 15.4 Å². The van der Waals surface area contributed by atoms with Crippen molar-refractivity contribution >= 4 is 16.7 Å². The normalized spacial score (nSPS) is 12.2. The lowest BCUT2D eigenvalue weighted by atomic mass is 9.87. The summed E-state index contributed by atoms with van der Waals surface area (Å²) in [6.07, 6.45) is 3.90. The van der Waals surface area contributed by atoms with Crippen LogP contribution in [-0.4, -0.2) is 21.3 Å². The molecular weight excluding hydrogens is 262 g/mol. The number of nitrogen functional groups attached to an aromatic ring is 1. The van der Waals surface area contributed by atoms with Gasteiger partial charge in [-0.05, 0) is 42.9 Å². The number of hydrogen-bond acceptors (Lipinski definition) is 3. The average Bonchev–Trinajstić information content (AvgIpc) is 2.73. The minimum absolute atomic E-state index is 0.139. The van der Waals surface area contributed by atoms with Crippen molar-refractivity contribution in [3.63, 3.8) is 0 Å². The van der Waals surface area contributed by atoms with E-state index in [1.165, 1.54) is 0 Å². The van der Waals surface area contributed by atoms with Crippen molar-refractivity contribution < 1.29 is 5.11 Å². The Morgan fingerprint density at radius 3 is 2.76 bits per heavy atom. The second kappa shape index (κ2) is 6.48. The highest BCUT2D eigenvalue weighted by Gasteiger charge is 2.21. The molecule has 0 fully saturated rings. The van der Waals surface area contributed by atoms with Gasteiger partial charge in [-0.15, -0.1) is 0 Å². The summed E-state index contributed by atoms with van der Waals surface area (Å²) in [6.45, 7) is 7.85. The molecule has 0 radical (unpaired) electrons. The van der Waals surface area contributed by atoms with E-state index >= 15 is 0 Å². The summed E-state index contributed by atoms with van der Waals surface area (Å²) in [5.41, 5.74) is 8.91. The lowest BCUT2D eigenvalue weighted by Crippen LogP contribution is -2.21. The SMILES string of the molecule is CCCc1nc2cc(N)ccc2n1CC(C)(C)CCCO. The number of nitrogens with two attached hydrogens (primary N) is 1. The smallest absolute Gasteiger partial charge is 0.109 e. The highest BCUT2D eigenvalue weighted by atomic mass is 16.2. The maximum Gasteiger partial charge on any atom is 0.109 e.